The summed E-state index contributed by atoms with van der Waals surface area (Å²) in [7, 11) is 1.53. The molecule has 3 heterocycles. The fourth-order valence-electron chi connectivity index (χ4n) is 4.74. The Labute approximate surface area is 229 Å². The molecule has 2 saturated heterocycles. The van der Waals surface area contributed by atoms with Crippen molar-refractivity contribution in [2.45, 2.75) is 45.4 Å². The highest BCUT2D eigenvalue weighted by Crippen LogP contribution is 2.29. The van der Waals surface area contributed by atoms with Crippen molar-refractivity contribution in [1.82, 2.24) is 15.0 Å². The predicted molar refractivity (Wildman–Crippen MR) is 152 cm³/mol. The zero-order valence-electron chi connectivity index (χ0n) is 22.6. The van der Waals surface area contributed by atoms with Gasteiger partial charge in [0, 0.05) is 26.2 Å². The Balaban J connectivity index is 1.30. The van der Waals surface area contributed by atoms with Crippen LogP contribution in [0, 0.1) is 6.92 Å². The molecule has 39 heavy (non-hydrogen) atoms. The first-order chi connectivity index (χ1) is 19.1. The van der Waals surface area contributed by atoms with E-state index in [1.807, 2.05) is 19.1 Å². The van der Waals surface area contributed by atoms with E-state index >= 15 is 0 Å². The summed E-state index contributed by atoms with van der Waals surface area (Å²) >= 11 is 0. The molecule has 0 unspecified atom stereocenters. The van der Waals surface area contributed by atoms with Gasteiger partial charge in [-0.25, -0.2) is 10.2 Å². The molecular formula is C29H35N7O3. The molecule has 2 aromatic carbocycles. The third kappa shape index (κ3) is 6.81. The maximum Gasteiger partial charge on any atom is 0.343 e. The Morgan fingerprint density at radius 1 is 0.846 bits per heavy atom. The third-order valence-electron chi connectivity index (χ3n) is 6.95. The zero-order chi connectivity index (χ0) is 27.0. The van der Waals surface area contributed by atoms with Gasteiger partial charge in [0.05, 0.1) is 18.9 Å². The molecule has 0 amide bonds. The van der Waals surface area contributed by atoms with E-state index < -0.39 is 5.97 Å². The van der Waals surface area contributed by atoms with Gasteiger partial charge in [-0.3, -0.25) is 0 Å². The second-order valence-corrected chi connectivity index (χ2v) is 9.89. The van der Waals surface area contributed by atoms with E-state index in [0.29, 0.717) is 34.9 Å². The maximum absolute atomic E-state index is 12.6. The molecular weight excluding hydrogens is 494 g/mol. The van der Waals surface area contributed by atoms with Crippen LogP contribution >= 0.6 is 0 Å². The number of nitrogens with one attached hydrogen (secondary N) is 1. The number of hydrogen-bond donors (Lipinski definition) is 1. The van der Waals surface area contributed by atoms with E-state index in [0.717, 1.165) is 63.0 Å². The monoisotopic (exact) mass is 529 g/mol. The van der Waals surface area contributed by atoms with E-state index in [2.05, 4.69) is 30.3 Å². The van der Waals surface area contributed by atoms with E-state index in [-0.39, 0.29) is 0 Å². The van der Waals surface area contributed by atoms with Crippen molar-refractivity contribution in [3.8, 4) is 11.5 Å². The average molecular weight is 530 g/mol. The molecule has 0 radical (unpaired) electrons. The number of carbonyl (C=O) groups is 1. The minimum absolute atomic E-state index is 0.336. The maximum atomic E-state index is 12.6. The first-order valence-electron chi connectivity index (χ1n) is 13.6. The number of ether oxygens (including phenoxy) is 2. The Bertz CT molecular complexity index is 1260. The van der Waals surface area contributed by atoms with Crippen LogP contribution in [0.25, 0.3) is 0 Å². The van der Waals surface area contributed by atoms with Crippen molar-refractivity contribution in [1.29, 1.82) is 0 Å². The predicted octanol–water partition coefficient (Wildman–Crippen LogP) is 4.83. The largest absolute Gasteiger partial charge is 0.493 e. The lowest BCUT2D eigenvalue weighted by molar-refractivity contribution is 0.0729. The second-order valence-electron chi connectivity index (χ2n) is 9.89. The number of esters is 1. The second kappa shape index (κ2) is 12.6. The van der Waals surface area contributed by atoms with Gasteiger partial charge in [0.15, 0.2) is 11.5 Å². The normalized spacial score (nSPS) is 15.8. The number of aryl methyl sites for hydroxylation is 1. The lowest BCUT2D eigenvalue weighted by Gasteiger charge is -2.30. The minimum atomic E-state index is -0.444. The number of hydrogen-bond acceptors (Lipinski definition) is 10. The Morgan fingerprint density at radius 3 is 2.05 bits per heavy atom. The molecule has 10 heteroatoms. The standard InChI is InChI=1S/C29H35N7O3/c1-21-9-12-23(13-10-21)26(37)39-24-14-11-22(19-25(24)38-2)20-30-34-27-31-28(35-15-5-3-6-16-35)33-29(32-27)36-17-7-4-8-18-36/h9-14,19-20H,3-8,15-18H2,1-2H3,(H,31,32,33,34)/b30-20-. The summed E-state index contributed by atoms with van der Waals surface area (Å²) in [6, 6.07) is 12.5. The molecule has 2 aliphatic rings. The number of anilines is 3. The molecule has 204 valence electrons. The number of methoxy groups -OCH3 is 1. The van der Waals surface area contributed by atoms with Crippen molar-refractivity contribution in [3.05, 3.63) is 59.2 Å². The highest BCUT2D eigenvalue weighted by Gasteiger charge is 2.20. The van der Waals surface area contributed by atoms with Gasteiger partial charge in [-0.2, -0.15) is 20.1 Å². The van der Waals surface area contributed by atoms with Crippen LogP contribution in [0.5, 0.6) is 11.5 Å². The van der Waals surface area contributed by atoms with Gasteiger partial charge >= 0.3 is 5.97 Å². The molecule has 2 fully saturated rings. The third-order valence-corrected chi connectivity index (χ3v) is 6.95. The van der Waals surface area contributed by atoms with Crippen molar-refractivity contribution < 1.29 is 14.3 Å². The Morgan fingerprint density at radius 2 is 1.46 bits per heavy atom. The minimum Gasteiger partial charge on any atom is -0.493 e. The molecule has 0 aliphatic carbocycles. The molecule has 2 aliphatic heterocycles. The quantitative estimate of drug-likeness (QED) is 0.190. The number of piperidine rings is 2. The summed E-state index contributed by atoms with van der Waals surface area (Å²) in [5.41, 5.74) is 5.30. The highest BCUT2D eigenvalue weighted by atomic mass is 16.6. The van der Waals surface area contributed by atoms with E-state index in [1.165, 1.54) is 20.0 Å². The van der Waals surface area contributed by atoms with Gasteiger partial charge in [0.2, 0.25) is 17.8 Å². The number of carbonyl (C=O) groups excluding carboxylic acids is 1. The van der Waals surface area contributed by atoms with E-state index in [1.54, 1.807) is 36.5 Å². The van der Waals surface area contributed by atoms with Crippen molar-refractivity contribution >= 4 is 30.0 Å². The number of nitrogens with zero attached hydrogens (tertiary/aromatic N) is 6. The van der Waals surface area contributed by atoms with E-state index in [9.17, 15) is 4.79 Å². The Kier molecular flexibility index (Phi) is 8.50. The topological polar surface area (TPSA) is 105 Å². The summed E-state index contributed by atoms with van der Waals surface area (Å²) in [6.45, 7) is 5.77. The van der Waals surface area contributed by atoms with Gasteiger partial charge in [0.25, 0.3) is 0 Å². The summed E-state index contributed by atoms with van der Waals surface area (Å²) in [5, 5.41) is 4.38. The molecule has 0 spiro atoms. The van der Waals surface area contributed by atoms with Gasteiger partial charge in [0.1, 0.15) is 0 Å². The summed E-state index contributed by atoms with van der Waals surface area (Å²) in [5.74, 6) is 2.13. The summed E-state index contributed by atoms with van der Waals surface area (Å²) < 4.78 is 11.0. The molecule has 5 rings (SSSR count). The SMILES string of the molecule is COc1cc(/C=N\Nc2nc(N3CCCCC3)nc(N3CCCCC3)n2)ccc1OC(=O)c1ccc(C)cc1. The smallest absolute Gasteiger partial charge is 0.343 e. The van der Waals surface area contributed by atoms with Gasteiger partial charge in [-0.15, -0.1) is 0 Å². The first kappa shape index (κ1) is 26.4. The number of aromatic nitrogens is 3. The van der Waals surface area contributed by atoms with Gasteiger partial charge in [-0.1, -0.05) is 17.7 Å². The number of hydrazone groups is 1. The first-order valence-corrected chi connectivity index (χ1v) is 13.6. The fraction of sp³-hybridized carbons (Fsp3) is 0.414. The van der Waals surface area contributed by atoms with Crippen molar-refractivity contribution in [2.75, 3.05) is 48.5 Å². The Hall–Kier alpha value is -4.21. The van der Waals surface area contributed by atoms with Crippen LogP contribution < -0.4 is 24.7 Å². The lowest BCUT2D eigenvalue weighted by Crippen LogP contribution is -2.34. The lowest BCUT2D eigenvalue weighted by atomic mass is 10.1. The van der Waals surface area contributed by atoms with Gasteiger partial charge < -0.3 is 19.3 Å². The van der Waals surface area contributed by atoms with Crippen LogP contribution in [-0.4, -0.2) is 60.4 Å². The van der Waals surface area contributed by atoms with Crippen LogP contribution in [0.3, 0.4) is 0 Å². The van der Waals surface area contributed by atoms with Crippen LogP contribution in [0.4, 0.5) is 17.8 Å². The van der Waals surface area contributed by atoms with Crippen LogP contribution in [0.2, 0.25) is 0 Å². The van der Waals surface area contributed by atoms with Crippen LogP contribution in [0.15, 0.2) is 47.6 Å². The molecule has 0 bridgehead atoms. The van der Waals surface area contributed by atoms with Crippen LogP contribution in [0.1, 0.15) is 60.0 Å². The van der Waals surface area contributed by atoms with Crippen molar-refractivity contribution in [2.24, 2.45) is 5.10 Å². The molecule has 10 nitrogen and oxygen atoms in total. The number of benzene rings is 2. The molecule has 1 aromatic heterocycles. The zero-order valence-corrected chi connectivity index (χ0v) is 22.6. The summed E-state index contributed by atoms with van der Waals surface area (Å²) in [6.07, 6.45) is 8.70. The highest BCUT2D eigenvalue weighted by molar-refractivity contribution is 5.91. The molecule has 0 atom stereocenters. The van der Waals surface area contributed by atoms with Crippen molar-refractivity contribution in [3.63, 3.8) is 0 Å². The molecule has 1 N–H and O–H groups in total. The van der Waals surface area contributed by atoms with Gasteiger partial charge in [-0.05, 0) is 81.3 Å². The fourth-order valence-corrected chi connectivity index (χ4v) is 4.74. The summed E-state index contributed by atoms with van der Waals surface area (Å²) in [4.78, 5) is 31.2. The van der Waals surface area contributed by atoms with E-state index in [4.69, 9.17) is 14.5 Å². The molecule has 3 aromatic rings. The number of rotatable bonds is 8. The van der Waals surface area contributed by atoms with Crippen LogP contribution in [-0.2, 0) is 0 Å². The molecule has 0 saturated carbocycles. The average Bonchev–Trinajstić information content (AvgIpc) is 2.99.